The highest BCUT2D eigenvalue weighted by Crippen LogP contribution is 2.87. The smallest absolute Gasteiger partial charge is 0.0204 e. The fourth-order valence-electron chi connectivity index (χ4n) is 4.53. The van der Waals surface area contributed by atoms with Crippen LogP contribution in [-0.4, -0.2) is 0 Å². The van der Waals surface area contributed by atoms with Crippen molar-refractivity contribution in [2.75, 3.05) is 0 Å². The third-order valence-electron chi connectivity index (χ3n) is 5.25. The number of fused-ring (bicyclic) bond motifs is 4. The molecule has 0 aliphatic heterocycles. The standard InChI is InChI=1S/C10H14/c1-5-7-3-9(7)10(5)4-6-2-8(6)10/h5-9H,2-4H2,1H3. The zero-order valence-electron chi connectivity index (χ0n) is 6.51. The average Bonchev–Trinajstić information content (AvgIpc) is 2.72. The molecule has 0 N–H and O–H groups in total. The molecule has 0 amide bonds. The Balaban J connectivity index is 1.79. The van der Waals surface area contributed by atoms with Gasteiger partial charge >= 0.3 is 0 Å². The summed E-state index contributed by atoms with van der Waals surface area (Å²) in [5.41, 5.74) is 0.968. The Morgan fingerprint density at radius 2 is 2.10 bits per heavy atom. The largest absolute Gasteiger partial charge is 0.0617 e. The minimum Gasteiger partial charge on any atom is -0.0617 e. The zero-order valence-corrected chi connectivity index (χ0v) is 6.51. The summed E-state index contributed by atoms with van der Waals surface area (Å²) in [6, 6.07) is 0. The van der Waals surface area contributed by atoms with Crippen LogP contribution in [0.4, 0.5) is 0 Å². The van der Waals surface area contributed by atoms with Crippen molar-refractivity contribution in [2.45, 2.75) is 26.2 Å². The van der Waals surface area contributed by atoms with Crippen molar-refractivity contribution in [3.63, 3.8) is 0 Å². The molecular formula is C10H14. The summed E-state index contributed by atoms with van der Waals surface area (Å²) in [7, 11) is 0. The summed E-state index contributed by atoms with van der Waals surface area (Å²) in [6.07, 6.45) is 4.87. The Hall–Kier alpha value is 0. The molecule has 0 heterocycles. The van der Waals surface area contributed by atoms with E-state index in [9.17, 15) is 0 Å². The molecule has 54 valence electrons. The van der Waals surface area contributed by atoms with E-state index >= 15 is 0 Å². The lowest BCUT2D eigenvalue weighted by atomic mass is 9.50. The van der Waals surface area contributed by atoms with Crippen LogP contribution in [0.1, 0.15) is 26.2 Å². The van der Waals surface area contributed by atoms with Gasteiger partial charge in [-0.05, 0) is 54.3 Å². The maximum atomic E-state index is 2.52. The van der Waals surface area contributed by atoms with E-state index in [2.05, 4.69) is 6.92 Å². The molecule has 0 bridgehead atoms. The summed E-state index contributed by atoms with van der Waals surface area (Å²) in [5, 5.41) is 0. The van der Waals surface area contributed by atoms with E-state index in [4.69, 9.17) is 0 Å². The van der Waals surface area contributed by atoms with Crippen LogP contribution in [0.15, 0.2) is 0 Å². The second-order valence-corrected chi connectivity index (χ2v) is 5.21. The van der Waals surface area contributed by atoms with Gasteiger partial charge in [0, 0.05) is 0 Å². The summed E-state index contributed by atoms with van der Waals surface area (Å²) in [4.78, 5) is 0. The minimum atomic E-state index is 0.968. The van der Waals surface area contributed by atoms with Crippen molar-refractivity contribution in [1.29, 1.82) is 0 Å². The molecule has 4 saturated carbocycles. The molecule has 0 aromatic carbocycles. The topological polar surface area (TPSA) is 0 Å². The van der Waals surface area contributed by atoms with Gasteiger partial charge in [0.1, 0.15) is 0 Å². The quantitative estimate of drug-likeness (QED) is 0.477. The molecule has 6 atom stereocenters. The first-order valence-electron chi connectivity index (χ1n) is 4.84. The van der Waals surface area contributed by atoms with Crippen molar-refractivity contribution in [3.05, 3.63) is 0 Å². The van der Waals surface area contributed by atoms with E-state index in [-0.39, 0.29) is 0 Å². The third-order valence-corrected chi connectivity index (χ3v) is 5.25. The van der Waals surface area contributed by atoms with Gasteiger partial charge in [-0.25, -0.2) is 0 Å². The van der Waals surface area contributed by atoms with E-state index in [0.717, 1.165) is 11.3 Å². The molecule has 0 heteroatoms. The lowest BCUT2D eigenvalue weighted by Crippen LogP contribution is -2.49. The molecular weight excluding hydrogens is 120 g/mol. The molecule has 4 aliphatic rings. The molecule has 0 aromatic rings. The Morgan fingerprint density at radius 3 is 2.50 bits per heavy atom. The Kier molecular flexibility index (Phi) is 0.479. The van der Waals surface area contributed by atoms with Gasteiger partial charge in [0.2, 0.25) is 0 Å². The summed E-state index contributed by atoms with van der Waals surface area (Å²) in [5.74, 6) is 6.06. The Morgan fingerprint density at radius 1 is 1.20 bits per heavy atom. The van der Waals surface area contributed by atoms with Crippen molar-refractivity contribution in [1.82, 2.24) is 0 Å². The molecule has 10 heavy (non-hydrogen) atoms. The van der Waals surface area contributed by atoms with Gasteiger partial charge in [-0.1, -0.05) is 6.92 Å². The Labute approximate surface area is 62.0 Å². The molecule has 4 aliphatic carbocycles. The zero-order chi connectivity index (χ0) is 6.51. The normalized spacial score (nSPS) is 80.7. The first-order chi connectivity index (χ1) is 4.84. The van der Waals surface area contributed by atoms with Gasteiger partial charge in [-0.2, -0.15) is 0 Å². The van der Waals surface area contributed by atoms with Crippen LogP contribution in [0.25, 0.3) is 0 Å². The van der Waals surface area contributed by atoms with Crippen LogP contribution in [-0.2, 0) is 0 Å². The number of rotatable bonds is 0. The van der Waals surface area contributed by atoms with Crippen LogP contribution >= 0.6 is 0 Å². The third kappa shape index (κ3) is 0.258. The molecule has 0 saturated heterocycles. The monoisotopic (exact) mass is 134 g/mol. The van der Waals surface area contributed by atoms with Gasteiger partial charge in [0.05, 0.1) is 0 Å². The van der Waals surface area contributed by atoms with E-state index in [1.54, 1.807) is 19.3 Å². The maximum absolute atomic E-state index is 2.52. The van der Waals surface area contributed by atoms with Crippen molar-refractivity contribution in [3.8, 4) is 0 Å². The van der Waals surface area contributed by atoms with Crippen molar-refractivity contribution >= 4 is 0 Å². The van der Waals surface area contributed by atoms with E-state index in [1.165, 1.54) is 23.7 Å². The van der Waals surface area contributed by atoms with Crippen LogP contribution in [0.5, 0.6) is 0 Å². The molecule has 1 spiro atoms. The second-order valence-electron chi connectivity index (χ2n) is 5.21. The van der Waals surface area contributed by atoms with E-state index < -0.39 is 0 Å². The predicted octanol–water partition coefficient (Wildman–Crippen LogP) is 2.30. The molecule has 0 aromatic heterocycles. The number of hydrogen-bond donors (Lipinski definition) is 0. The van der Waals surface area contributed by atoms with Gasteiger partial charge < -0.3 is 0 Å². The van der Waals surface area contributed by atoms with Crippen LogP contribution in [0, 0.1) is 35.0 Å². The highest BCUT2D eigenvalue weighted by molar-refractivity contribution is 5.28. The highest BCUT2D eigenvalue weighted by atomic mass is 14.8. The lowest BCUT2D eigenvalue weighted by molar-refractivity contribution is -0.0677. The van der Waals surface area contributed by atoms with Gasteiger partial charge in [-0.3, -0.25) is 0 Å². The van der Waals surface area contributed by atoms with Gasteiger partial charge in [0.25, 0.3) is 0 Å². The van der Waals surface area contributed by atoms with E-state index in [0.29, 0.717) is 0 Å². The molecule has 0 radical (unpaired) electrons. The summed E-state index contributed by atoms with van der Waals surface area (Å²) >= 11 is 0. The van der Waals surface area contributed by atoms with Crippen LogP contribution in [0.3, 0.4) is 0 Å². The fraction of sp³-hybridized carbons (Fsp3) is 1.00. The lowest BCUT2D eigenvalue weighted by Gasteiger charge is -2.54. The highest BCUT2D eigenvalue weighted by Gasteiger charge is 2.80. The molecule has 6 unspecified atom stereocenters. The average molecular weight is 134 g/mol. The minimum absolute atomic E-state index is 0.968. The summed E-state index contributed by atoms with van der Waals surface area (Å²) in [6.45, 7) is 2.52. The first-order valence-corrected chi connectivity index (χ1v) is 4.84. The Bertz CT molecular complexity index is 216. The molecule has 4 rings (SSSR count). The maximum Gasteiger partial charge on any atom is -0.0204 e. The number of hydrogen-bond acceptors (Lipinski definition) is 0. The fourth-order valence-corrected chi connectivity index (χ4v) is 4.53. The van der Waals surface area contributed by atoms with Crippen LogP contribution < -0.4 is 0 Å². The molecule has 0 nitrogen and oxygen atoms in total. The molecule has 4 fully saturated rings. The second kappa shape index (κ2) is 1.00. The van der Waals surface area contributed by atoms with Gasteiger partial charge in [-0.15, -0.1) is 0 Å². The van der Waals surface area contributed by atoms with Gasteiger partial charge in [0.15, 0.2) is 0 Å². The predicted molar refractivity (Wildman–Crippen MR) is 39.4 cm³/mol. The first kappa shape index (κ1) is 4.79. The van der Waals surface area contributed by atoms with Crippen molar-refractivity contribution < 1.29 is 0 Å². The van der Waals surface area contributed by atoms with Crippen molar-refractivity contribution in [2.24, 2.45) is 35.0 Å². The summed E-state index contributed by atoms with van der Waals surface area (Å²) < 4.78 is 0. The van der Waals surface area contributed by atoms with Crippen LogP contribution in [0.2, 0.25) is 0 Å². The SMILES string of the molecule is CC1C2CC2C12CC1CC12. The van der Waals surface area contributed by atoms with E-state index in [1.807, 2.05) is 0 Å².